The molecular formula is C23H22FN5O2. The molecule has 1 amide bonds. The van der Waals surface area contributed by atoms with Crippen molar-refractivity contribution in [2.24, 2.45) is 0 Å². The van der Waals surface area contributed by atoms with E-state index in [4.69, 9.17) is 4.74 Å². The van der Waals surface area contributed by atoms with Gasteiger partial charge in [0.2, 0.25) is 11.9 Å². The van der Waals surface area contributed by atoms with Gasteiger partial charge < -0.3 is 20.3 Å². The molecule has 7 nitrogen and oxygen atoms in total. The van der Waals surface area contributed by atoms with E-state index < -0.39 is 5.82 Å². The first-order valence-electron chi connectivity index (χ1n) is 9.88. The van der Waals surface area contributed by atoms with E-state index in [2.05, 4.69) is 32.1 Å². The largest absolute Gasteiger partial charge is 0.378 e. The highest BCUT2D eigenvalue weighted by Crippen LogP contribution is 2.27. The summed E-state index contributed by atoms with van der Waals surface area (Å²) in [4.78, 5) is 22.5. The highest BCUT2D eigenvalue weighted by molar-refractivity contribution is 5.99. The van der Waals surface area contributed by atoms with Crippen molar-refractivity contribution in [2.75, 3.05) is 41.8 Å². The quantitative estimate of drug-likeness (QED) is 0.589. The lowest BCUT2D eigenvalue weighted by Crippen LogP contribution is -2.36. The van der Waals surface area contributed by atoms with Gasteiger partial charge in [-0.15, -0.1) is 0 Å². The standard InChI is InChI=1S/C23H22FN5O2/c1-2-22(30)26-17-6-7-20(24)19(15-17)21-8-9-25-23(28-21)27-16-4-3-5-18(14-16)29-10-12-31-13-11-29/h2-9,14-15H,1,10-13H2,(H,26,30)(H,25,27,28). The SMILES string of the molecule is C=CC(=O)Nc1ccc(F)c(-c2ccnc(Nc3cccc(N4CCOCC4)c3)n2)c1. The first-order chi connectivity index (χ1) is 15.1. The van der Waals surface area contributed by atoms with Gasteiger partial charge in [0.05, 0.1) is 18.9 Å². The normalized spacial score (nSPS) is 13.5. The summed E-state index contributed by atoms with van der Waals surface area (Å²) in [6, 6.07) is 13.9. The van der Waals surface area contributed by atoms with E-state index in [0.717, 1.165) is 30.5 Å². The van der Waals surface area contributed by atoms with Crippen LogP contribution in [-0.4, -0.2) is 42.2 Å². The number of aromatic nitrogens is 2. The lowest BCUT2D eigenvalue weighted by Gasteiger charge is -2.29. The highest BCUT2D eigenvalue weighted by atomic mass is 19.1. The number of carbonyl (C=O) groups excluding carboxylic acids is 1. The fourth-order valence-corrected chi connectivity index (χ4v) is 3.29. The molecule has 2 N–H and O–H groups in total. The van der Waals surface area contributed by atoms with Crippen molar-refractivity contribution in [1.82, 2.24) is 9.97 Å². The number of hydrogen-bond donors (Lipinski definition) is 2. The molecule has 0 radical (unpaired) electrons. The molecule has 4 rings (SSSR count). The number of hydrogen-bond acceptors (Lipinski definition) is 6. The Labute approximate surface area is 179 Å². The Balaban J connectivity index is 1.56. The monoisotopic (exact) mass is 419 g/mol. The van der Waals surface area contributed by atoms with Crippen LogP contribution in [0.3, 0.4) is 0 Å². The van der Waals surface area contributed by atoms with Gasteiger partial charge in [0.15, 0.2) is 0 Å². The third-order valence-electron chi connectivity index (χ3n) is 4.83. The number of morpholine rings is 1. The fourth-order valence-electron chi connectivity index (χ4n) is 3.29. The highest BCUT2D eigenvalue weighted by Gasteiger charge is 2.13. The second-order valence-electron chi connectivity index (χ2n) is 6.93. The molecule has 0 atom stereocenters. The molecule has 3 aromatic rings. The van der Waals surface area contributed by atoms with Gasteiger partial charge in [0, 0.05) is 41.9 Å². The van der Waals surface area contributed by atoms with Crippen molar-refractivity contribution in [1.29, 1.82) is 0 Å². The van der Waals surface area contributed by atoms with E-state index in [1.165, 1.54) is 18.2 Å². The molecule has 0 aliphatic carbocycles. The van der Waals surface area contributed by atoms with Crippen molar-refractivity contribution >= 4 is 28.9 Å². The van der Waals surface area contributed by atoms with E-state index in [1.807, 2.05) is 24.3 Å². The van der Waals surface area contributed by atoms with Crippen molar-refractivity contribution in [3.05, 3.63) is 73.2 Å². The van der Waals surface area contributed by atoms with Gasteiger partial charge in [0.25, 0.3) is 0 Å². The van der Waals surface area contributed by atoms with Crippen molar-refractivity contribution in [3.8, 4) is 11.3 Å². The van der Waals surface area contributed by atoms with Gasteiger partial charge in [-0.05, 0) is 48.5 Å². The van der Waals surface area contributed by atoms with Crippen LogP contribution in [0.1, 0.15) is 0 Å². The predicted octanol–water partition coefficient (Wildman–Crippen LogP) is 3.99. The second kappa shape index (κ2) is 9.36. The number of carbonyl (C=O) groups is 1. The maximum absolute atomic E-state index is 14.5. The van der Waals surface area contributed by atoms with Crippen molar-refractivity contribution < 1.29 is 13.9 Å². The summed E-state index contributed by atoms with van der Waals surface area (Å²) in [6.07, 6.45) is 2.71. The van der Waals surface area contributed by atoms with Crippen LogP contribution >= 0.6 is 0 Å². The van der Waals surface area contributed by atoms with Crippen LogP contribution in [0.15, 0.2) is 67.4 Å². The molecule has 31 heavy (non-hydrogen) atoms. The maximum Gasteiger partial charge on any atom is 0.247 e. The minimum Gasteiger partial charge on any atom is -0.378 e. The number of amides is 1. The zero-order valence-electron chi connectivity index (χ0n) is 16.8. The maximum atomic E-state index is 14.5. The molecule has 158 valence electrons. The smallest absolute Gasteiger partial charge is 0.247 e. The van der Waals surface area contributed by atoms with Crippen LogP contribution in [0, 0.1) is 5.82 Å². The first kappa shape index (κ1) is 20.5. The van der Waals surface area contributed by atoms with Crippen LogP contribution < -0.4 is 15.5 Å². The molecule has 1 aliphatic rings. The van der Waals surface area contributed by atoms with E-state index in [-0.39, 0.29) is 11.5 Å². The summed E-state index contributed by atoms with van der Waals surface area (Å²) in [5, 5.41) is 5.81. The molecule has 1 fully saturated rings. The molecule has 1 aromatic heterocycles. The Morgan fingerprint density at radius 2 is 1.97 bits per heavy atom. The topological polar surface area (TPSA) is 79.4 Å². The molecule has 2 aromatic carbocycles. The number of benzene rings is 2. The Morgan fingerprint density at radius 1 is 1.13 bits per heavy atom. The van der Waals surface area contributed by atoms with Crippen molar-refractivity contribution in [3.63, 3.8) is 0 Å². The average Bonchev–Trinajstić information content (AvgIpc) is 2.81. The van der Waals surface area contributed by atoms with Crippen molar-refractivity contribution in [2.45, 2.75) is 0 Å². The van der Waals surface area contributed by atoms with Gasteiger partial charge in [-0.25, -0.2) is 14.4 Å². The molecule has 0 bridgehead atoms. The fraction of sp³-hybridized carbons (Fsp3) is 0.174. The lowest BCUT2D eigenvalue weighted by atomic mass is 10.1. The number of ether oxygens (including phenoxy) is 1. The second-order valence-corrected chi connectivity index (χ2v) is 6.93. The van der Waals surface area contributed by atoms with Gasteiger partial charge >= 0.3 is 0 Å². The molecule has 0 spiro atoms. The summed E-state index contributed by atoms with van der Waals surface area (Å²) < 4.78 is 19.9. The Morgan fingerprint density at radius 3 is 2.77 bits per heavy atom. The minimum absolute atomic E-state index is 0.259. The summed E-state index contributed by atoms with van der Waals surface area (Å²) in [6.45, 7) is 6.52. The number of anilines is 4. The van der Waals surface area contributed by atoms with Crippen LogP contribution in [0.25, 0.3) is 11.3 Å². The van der Waals surface area contributed by atoms with E-state index in [0.29, 0.717) is 30.5 Å². The van der Waals surface area contributed by atoms with Gasteiger partial charge in [0.1, 0.15) is 5.82 Å². The predicted molar refractivity (Wildman–Crippen MR) is 119 cm³/mol. The molecule has 8 heteroatoms. The summed E-state index contributed by atoms with van der Waals surface area (Å²) in [5.41, 5.74) is 3.02. The summed E-state index contributed by atoms with van der Waals surface area (Å²) >= 11 is 0. The van der Waals surface area contributed by atoms with Crippen LogP contribution in [0.2, 0.25) is 0 Å². The van der Waals surface area contributed by atoms with Gasteiger partial charge in [-0.3, -0.25) is 4.79 Å². The van der Waals surface area contributed by atoms with Crippen LogP contribution in [0.4, 0.5) is 27.4 Å². The molecule has 1 saturated heterocycles. The van der Waals surface area contributed by atoms with Crippen LogP contribution in [0.5, 0.6) is 0 Å². The zero-order chi connectivity index (χ0) is 21.6. The first-order valence-corrected chi connectivity index (χ1v) is 9.88. The number of nitrogens with one attached hydrogen (secondary N) is 2. The summed E-state index contributed by atoms with van der Waals surface area (Å²) in [5.74, 6) is -0.477. The van der Waals surface area contributed by atoms with E-state index >= 15 is 0 Å². The van der Waals surface area contributed by atoms with Crippen LogP contribution in [-0.2, 0) is 9.53 Å². The Kier molecular flexibility index (Phi) is 6.18. The van der Waals surface area contributed by atoms with E-state index in [1.54, 1.807) is 12.3 Å². The van der Waals surface area contributed by atoms with E-state index in [9.17, 15) is 9.18 Å². The zero-order valence-corrected chi connectivity index (χ0v) is 16.8. The number of halogens is 1. The minimum atomic E-state index is -0.449. The Hall–Kier alpha value is -3.78. The molecule has 0 unspecified atom stereocenters. The third-order valence-corrected chi connectivity index (χ3v) is 4.83. The number of nitrogens with zero attached hydrogens (tertiary/aromatic N) is 3. The third kappa shape index (κ3) is 5.04. The lowest BCUT2D eigenvalue weighted by molar-refractivity contribution is -0.111. The molecule has 1 aliphatic heterocycles. The van der Waals surface area contributed by atoms with Gasteiger partial charge in [-0.2, -0.15) is 0 Å². The molecule has 2 heterocycles. The molecule has 0 saturated carbocycles. The Bertz CT molecular complexity index is 1100. The van der Waals surface area contributed by atoms with Gasteiger partial charge in [-0.1, -0.05) is 12.6 Å². The number of rotatable bonds is 6. The average molecular weight is 419 g/mol. The summed E-state index contributed by atoms with van der Waals surface area (Å²) in [7, 11) is 0. The molecular weight excluding hydrogens is 397 g/mol.